The van der Waals surface area contributed by atoms with E-state index >= 15 is 0 Å². The quantitative estimate of drug-likeness (QED) is 0.302. The monoisotopic (exact) mass is 493 g/mol. The van der Waals surface area contributed by atoms with Crippen molar-refractivity contribution in [2.75, 3.05) is 31.5 Å². The molecule has 0 saturated carbocycles. The van der Waals surface area contributed by atoms with E-state index in [0.717, 1.165) is 22.2 Å². The van der Waals surface area contributed by atoms with Crippen LogP contribution in [0.15, 0.2) is 48.5 Å². The van der Waals surface area contributed by atoms with Crippen LogP contribution < -0.4 is 24.8 Å². The molecule has 2 heterocycles. The van der Waals surface area contributed by atoms with Crippen molar-refractivity contribution in [3.8, 4) is 28.9 Å². The molecular formula is C25H27N5O4S. The van der Waals surface area contributed by atoms with E-state index in [-0.39, 0.29) is 6.01 Å². The van der Waals surface area contributed by atoms with Gasteiger partial charge in [0.15, 0.2) is 5.13 Å². The molecule has 2 amide bonds. The summed E-state index contributed by atoms with van der Waals surface area (Å²) in [6, 6.07) is 14.7. The second-order valence-electron chi connectivity index (χ2n) is 8.09. The van der Waals surface area contributed by atoms with Gasteiger partial charge in [-0.2, -0.15) is 9.97 Å². The Bertz CT molecular complexity index is 1300. The van der Waals surface area contributed by atoms with Gasteiger partial charge in [-0.25, -0.2) is 9.78 Å². The Balaban J connectivity index is 1.48. The molecule has 0 aliphatic rings. The van der Waals surface area contributed by atoms with Gasteiger partial charge in [0.2, 0.25) is 5.88 Å². The summed E-state index contributed by atoms with van der Waals surface area (Å²) in [6.45, 7) is 4.87. The van der Waals surface area contributed by atoms with E-state index < -0.39 is 6.03 Å². The average Bonchev–Trinajstić information content (AvgIpc) is 3.25. The molecule has 0 aliphatic heterocycles. The van der Waals surface area contributed by atoms with E-state index in [1.165, 1.54) is 25.6 Å². The molecule has 0 radical (unpaired) electrons. The number of fused-ring (bicyclic) bond motifs is 1. The summed E-state index contributed by atoms with van der Waals surface area (Å²) in [7, 11) is 3.04. The Morgan fingerprint density at radius 3 is 2.60 bits per heavy atom. The fourth-order valence-electron chi connectivity index (χ4n) is 3.24. The smallest absolute Gasteiger partial charge is 0.325 e. The summed E-state index contributed by atoms with van der Waals surface area (Å²) in [5, 5.41) is 6.14. The molecule has 4 rings (SSSR count). The van der Waals surface area contributed by atoms with Crippen LogP contribution in [0.2, 0.25) is 0 Å². The van der Waals surface area contributed by atoms with Gasteiger partial charge in [-0.15, -0.1) is 0 Å². The molecule has 0 saturated heterocycles. The van der Waals surface area contributed by atoms with Crippen LogP contribution in [0.5, 0.6) is 17.6 Å². The van der Waals surface area contributed by atoms with Crippen molar-refractivity contribution < 1.29 is 19.0 Å². The number of rotatable bonds is 9. The van der Waals surface area contributed by atoms with Gasteiger partial charge >= 0.3 is 12.0 Å². The summed E-state index contributed by atoms with van der Waals surface area (Å²) in [5.74, 6) is 1.58. The number of aromatic nitrogens is 3. The van der Waals surface area contributed by atoms with E-state index in [4.69, 9.17) is 14.2 Å². The van der Waals surface area contributed by atoms with E-state index in [2.05, 4.69) is 39.4 Å². The number of amides is 2. The summed E-state index contributed by atoms with van der Waals surface area (Å²) >= 11 is 1.37. The van der Waals surface area contributed by atoms with Crippen molar-refractivity contribution in [1.82, 2.24) is 15.0 Å². The van der Waals surface area contributed by atoms with Crippen molar-refractivity contribution >= 4 is 38.4 Å². The number of nitrogens with one attached hydrogen (secondary N) is 2. The molecule has 0 spiro atoms. The van der Waals surface area contributed by atoms with Gasteiger partial charge in [-0.05, 0) is 36.6 Å². The lowest BCUT2D eigenvalue weighted by Crippen LogP contribution is -2.19. The molecule has 35 heavy (non-hydrogen) atoms. The summed E-state index contributed by atoms with van der Waals surface area (Å²) < 4.78 is 17.2. The molecule has 182 valence electrons. The Labute approximate surface area is 207 Å². The van der Waals surface area contributed by atoms with Gasteiger partial charge in [0.05, 0.1) is 42.4 Å². The normalized spacial score (nSPS) is 10.9. The van der Waals surface area contributed by atoms with E-state index in [1.54, 1.807) is 12.1 Å². The number of urea groups is 1. The number of benzene rings is 2. The maximum absolute atomic E-state index is 12.7. The van der Waals surface area contributed by atoms with Crippen molar-refractivity contribution in [2.24, 2.45) is 5.92 Å². The van der Waals surface area contributed by atoms with Crippen molar-refractivity contribution in [3.63, 3.8) is 0 Å². The standard InChI is InChI=1S/C25H27N5O4S/c1-15(2)11-12-34-20-8-6-5-7-17(20)26-23(31)30-25-28-18-10-9-16(13-21(18)35-25)19-14-22(32-3)29-24(27-19)33-4/h5-10,13-15H,11-12H2,1-4H3,(H2,26,28,30,31). The predicted octanol–water partition coefficient (Wildman–Crippen LogP) is 5.84. The molecule has 0 unspecified atom stereocenters. The van der Waals surface area contributed by atoms with Gasteiger partial charge < -0.3 is 19.5 Å². The van der Waals surface area contributed by atoms with Crippen molar-refractivity contribution in [1.29, 1.82) is 0 Å². The average molecular weight is 494 g/mol. The van der Waals surface area contributed by atoms with Crippen LogP contribution in [-0.2, 0) is 0 Å². The zero-order valence-electron chi connectivity index (χ0n) is 20.0. The molecule has 10 heteroatoms. The van der Waals surface area contributed by atoms with Gasteiger partial charge in [0.1, 0.15) is 5.75 Å². The predicted molar refractivity (Wildman–Crippen MR) is 138 cm³/mol. The Hall–Kier alpha value is -3.92. The third kappa shape index (κ3) is 6.15. The summed E-state index contributed by atoms with van der Waals surface area (Å²) in [4.78, 5) is 25.7. The molecule has 0 bridgehead atoms. The maximum atomic E-state index is 12.7. The molecule has 2 aromatic carbocycles. The van der Waals surface area contributed by atoms with Gasteiger partial charge in [0, 0.05) is 11.6 Å². The van der Waals surface area contributed by atoms with Crippen molar-refractivity contribution in [3.05, 3.63) is 48.5 Å². The van der Waals surface area contributed by atoms with Crippen LogP contribution in [0.1, 0.15) is 20.3 Å². The van der Waals surface area contributed by atoms with Crippen LogP contribution in [-0.4, -0.2) is 41.8 Å². The number of hydrogen-bond donors (Lipinski definition) is 2. The second-order valence-corrected chi connectivity index (χ2v) is 9.12. The number of anilines is 2. The lowest BCUT2D eigenvalue weighted by Gasteiger charge is -2.13. The van der Waals surface area contributed by atoms with Gasteiger partial charge in [-0.3, -0.25) is 5.32 Å². The van der Waals surface area contributed by atoms with Crippen molar-refractivity contribution in [2.45, 2.75) is 20.3 Å². The highest BCUT2D eigenvalue weighted by Crippen LogP contribution is 2.32. The first-order chi connectivity index (χ1) is 16.9. The minimum absolute atomic E-state index is 0.219. The first kappa shape index (κ1) is 24.2. The number of nitrogens with zero attached hydrogens (tertiary/aromatic N) is 3. The number of hydrogen-bond acceptors (Lipinski definition) is 8. The van der Waals surface area contributed by atoms with Gasteiger partial charge in [0.25, 0.3) is 0 Å². The Kier molecular flexibility index (Phi) is 7.61. The number of para-hydroxylation sites is 2. The van der Waals surface area contributed by atoms with Crippen LogP contribution in [0.3, 0.4) is 0 Å². The lowest BCUT2D eigenvalue weighted by molar-refractivity contribution is 0.261. The van der Waals surface area contributed by atoms with E-state index in [9.17, 15) is 4.79 Å². The first-order valence-corrected chi connectivity index (χ1v) is 11.9. The molecule has 9 nitrogen and oxygen atoms in total. The van der Waals surface area contributed by atoms with Crippen LogP contribution in [0, 0.1) is 5.92 Å². The SMILES string of the molecule is COc1cc(-c2ccc3nc(NC(=O)Nc4ccccc4OCCC(C)C)sc3c2)nc(OC)n1. The zero-order chi connectivity index (χ0) is 24.8. The highest BCUT2D eigenvalue weighted by atomic mass is 32.1. The van der Waals surface area contributed by atoms with Crippen LogP contribution >= 0.6 is 11.3 Å². The molecule has 2 N–H and O–H groups in total. The number of carbonyl (C=O) groups excluding carboxylic acids is 1. The largest absolute Gasteiger partial charge is 0.491 e. The maximum Gasteiger partial charge on any atom is 0.325 e. The third-order valence-electron chi connectivity index (χ3n) is 5.07. The Morgan fingerprint density at radius 1 is 1.00 bits per heavy atom. The number of ether oxygens (including phenoxy) is 3. The Morgan fingerprint density at radius 2 is 1.83 bits per heavy atom. The number of thiazole rings is 1. The second kappa shape index (κ2) is 11.0. The number of carbonyl (C=O) groups is 1. The highest BCUT2D eigenvalue weighted by Gasteiger charge is 2.13. The molecule has 4 aromatic rings. The highest BCUT2D eigenvalue weighted by molar-refractivity contribution is 7.22. The topological polar surface area (TPSA) is 107 Å². The molecule has 0 atom stereocenters. The number of methoxy groups -OCH3 is 2. The molecule has 0 aliphatic carbocycles. The fraction of sp³-hybridized carbons (Fsp3) is 0.280. The molecular weight excluding hydrogens is 466 g/mol. The van der Waals surface area contributed by atoms with E-state index in [1.807, 2.05) is 36.4 Å². The van der Waals surface area contributed by atoms with Crippen LogP contribution in [0.4, 0.5) is 15.6 Å². The summed E-state index contributed by atoms with van der Waals surface area (Å²) in [6.07, 6.45) is 0.933. The third-order valence-corrected chi connectivity index (χ3v) is 6.00. The summed E-state index contributed by atoms with van der Waals surface area (Å²) in [5.41, 5.74) is 2.87. The molecule has 0 fully saturated rings. The molecule has 2 aromatic heterocycles. The first-order valence-electron chi connectivity index (χ1n) is 11.1. The zero-order valence-corrected chi connectivity index (χ0v) is 20.8. The minimum atomic E-state index is -0.394. The van der Waals surface area contributed by atoms with Gasteiger partial charge in [-0.1, -0.05) is 43.4 Å². The van der Waals surface area contributed by atoms with Crippen LogP contribution in [0.25, 0.3) is 21.5 Å². The fourth-order valence-corrected chi connectivity index (χ4v) is 4.14. The lowest BCUT2D eigenvalue weighted by atomic mass is 10.1. The van der Waals surface area contributed by atoms with E-state index in [0.29, 0.717) is 40.7 Å². The minimum Gasteiger partial charge on any atom is -0.491 e.